The summed E-state index contributed by atoms with van der Waals surface area (Å²) in [5.41, 5.74) is 0.530. The molecule has 0 aliphatic heterocycles. The quantitative estimate of drug-likeness (QED) is 0.905. The summed E-state index contributed by atoms with van der Waals surface area (Å²) in [6.07, 6.45) is 2.50. The number of nitrogens with zero attached hydrogens (tertiary/aromatic N) is 2. The van der Waals surface area contributed by atoms with E-state index in [2.05, 4.69) is 15.5 Å². The molecule has 0 unspecified atom stereocenters. The highest BCUT2D eigenvalue weighted by molar-refractivity contribution is 7.14. The Kier molecular flexibility index (Phi) is 2.86. The number of hydrogen-bond acceptors (Lipinski definition) is 4. The molecular formula is C12H12FN3S. The number of aromatic nitrogens is 2. The number of benzene rings is 1. The van der Waals surface area contributed by atoms with Crippen molar-refractivity contribution in [2.45, 2.75) is 25.4 Å². The van der Waals surface area contributed by atoms with E-state index in [4.69, 9.17) is 0 Å². The van der Waals surface area contributed by atoms with Crippen molar-refractivity contribution >= 4 is 11.3 Å². The second-order valence-electron chi connectivity index (χ2n) is 4.14. The predicted molar refractivity (Wildman–Crippen MR) is 65.2 cm³/mol. The second-order valence-corrected chi connectivity index (χ2v) is 5.20. The molecule has 0 saturated heterocycles. The van der Waals surface area contributed by atoms with Crippen LogP contribution >= 0.6 is 11.3 Å². The van der Waals surface area contributed by atoms with E-state index >= 15 is 0 Å². The molecule has 88 valence electrons. The molecule has 1 aromatic carbocycles. The van der Waals surface area contributed by atoms with Crippen LogP contribution in [0.4, 0.5) is 4.39 Å². The lowest BCUT2D eigenvalue weighted by Gasteiger charge is -1.97. The van der Waals surface area contributed by atoms with Crippen molar-refractivity contribution in [2.75, 3.05) is 0 Å². The minimum absolute atomic E-state index is 0.245. The van der Waals surface area contributed by atoms with Gasteiger partial charge in [0.25, 0.3) is 0 Å². The number of rotatable bonds is 4. The van der Waals surface area contributed by atoms with Gasteiger partial charge in [-0.3, -0.25) is 0 Å². The molecule has 1 aromatic heterocycles. The second kappa shape index (κ2) is 4.50. The predicted octanol–water partition coefficient (Wildman–Crippen LogP) is 2.60. The van der Waals surface area contributed by atoms with Crippen LogP contribution < -0.4 is 5.32 Å². The molecule has 3 nitrogen and oxygen atoms in total. The van der Waals surface area contributed by atoms with Crippen molar-refractivity contribution in [1.82, 2.24) is 15.5 Å². The van der Waals surface area contributed by atoms with Crippen LogP contribution in [-0.4, -0.2) is 16.2 Å². The Morgan fingerprint density at radius 2 is 2.12 bits per heavy atom. The standard InChI is InChI=1S/C12H12FN3S/c13-10-4-2-1-3-9(10)12-16-15-11(17-12)7-14-8-5-6-8/h1-4,8,14H,5-7H2. The first-order valence-corrected chi connectivity index (χ1v) is 6.45. The summed E-state index contributed by atoms with van der Waals surface area (Å²) in [6.45, 7) is 0.733. The van der Waals surface area contributed by atoms with Gasteiger partial charge in [0.2, 0.25) is 0 Å². The summed E-state index contributed by atoms with van der Waals surface area (Å²) in [6, 6.07) is 7.31. The van der Waals surface area contributed by atoms with Crippen LogP contribution in [0.5, 0.6) is 0 Å². The molecule has 2 aromatic rings. The molecule has 1 fully saturated rings. The molecule has 1 saturated carbocycles. The highest BCUT2D eigenvalue weighted by Crippen LogP contribution is 2.26. The van der Waals surface area contributed by atoms with Gasteiger partial charge in [-0.1, -0.05) is 23.5 Å². The van der Waals surface area contributed by atoms with Crippen LogP contribution in [0.2, 0.25) is 0 Å². The summed E-state index contributed by atoms with van der Waals surface area (Å²) >= 11 is 1.45. The Labute approximate surface area is 103 Å². The first-order chi connectivity index (χ1) is 8.33. The van der Waals surface area contributed by atoms with Crippen molar-refractivity contribution in [3.8, 4) is 10.6 Å². The van der Waals surface area contributed by atoms with Gasteiger partial charge in [0.15, 0.2) is 5.01 Å². The number of hydrogen-bond donors (Lipinski definition) is 1. The maximum atomic E-state index is 13.5. The zero-order valence-corrected chi connectivity index (χ0v) is 10.0. The average molecular weight is 249 g/mol. The van der Waals surface area contributed by atoms with Gasteiger partial charge in [-0.15, -0.1) is 10.2 Å². The van der Waals surface area contributed by atoms with E-state index in [1.807, 2.05) is 6.07 Å². The van der Waals surface area contributed by atoms with E-state index in [0.29, 0.717) is 16.6 Å². The maximum Gasteiger partial charge on any atom is 0.150 e. The third-order valence-corrected chi connectivity index (χ3v) is 3.65. The van der Waals surface area contributed by atoms with Crippen LogP contribution in [0.15, 0.2) is 24.3 Å². The summed E-state index contributed by atoms with van der Waals surface area (Å²) in [4.78, 5) is 0. The van der Waals surface area contributed by atoms with E-state index in [9.17, 15) is 4.39 Å². The van der Waals surface area contributed by atoms with Gasteiger partial charge >= 0.3 is 0 Å². The fourth-order valence-electron chi connectivity index (χ4n) is 1.59. The van der Waals surface area contributed by atoms with E-state index < -0.39 is 0 Å². The topological polar surface area (TPSA) is 37.8 Å². The van der Waals surface area contributed by atoms with Crippen molar-refractivity contribution in [2.24, 2.45) is 0 Å². The van der Waals surface area contributed by atoms with Gasteiger partial charge in [-0.05, 0) is 25.0 Å². The molecule has 1 N–H and O–H groups in total. The van der Waals surface area contributed by atoms with Gasteiger partial charge in [0.05, 0.1) is 0 Å². The smallest absolute Gasteiger partial charge is 0.150 e. The molecule has 17 heavy (non-hydrogen) atoms. The van der Waals surface area contributed by atoms with Crippen LogP contribution in [0.3, 0.4) is 0 Å². The van der Waals surface area contributed by atoms with Gasteiger partial charge in [0.1, 0.15) is 10.8 Å². The average Bonchev–Trinajstić information content (AvgIpc) is 3.06. The molecule has 0 spiro atoms. The first-order valence-electron chi connectivity index (χ1n) is 5.63. The lowest BCUT2D eigenvalue weighted by Crippen LogP contribution is -2.14. The third-order valence-electron chi connectivity index (χ3n) is 2.69. The minimum Gasteiger partial charge on any atom is -0.308 e. The zero-order chi connectivity index (χ0) is 11.7. The number of nitrogens with one attached hydrogen (secondary N) is 1. The van der Waals surface area contributed by atoms with Crippen LogP contribution in [-0.2, 0) is 6.54 Å². The van der Waals surface area contributed by atoms with Crippen molar-refractivity contribution < 1.29 is 4.39 Å². The highest BCUT2D eigenvalue weighted by Gasteiger charge is 2.21. The summed E-state index contributed by atoms with van der Waals surface area (Å²) in [5.74, 6) is -0.245. The fourth-order valence-corrected chi connectivity index (χ4v) is 2.41. The van der Waals surface area contributed by atoms with E-state index in [1.165, 1.54) is 30.2 Å². The normalized spacial score (nSPS) is 15.1. The zero-order valence-electron chi connectivity index (χ0n) is 9.19. The van der Waals surface area contributed by atoms with E-state index in [-0.39, 0.29) is 5.82 Å². The summed E-state index contributed by atoms with van der Waals surface area (Å²) in [7, 11) is 0. The molecule has 0 amide bonds. The fraction of sp³-hybridized carbons (Fsp3) is 0.333. The van der Waals surface area contributed by atoms with Crippen molar-refractivity contribution in [3.63, 3.8) is 0 Å². The molecule has 1 aliphatic rings. The maximum absolute atomic E-state index is 13.5. The third kappa shape index (κ3) is 2.50. The molecule has 1 aliphatic carbocycles. The summed E-state index contributed by atoms with van der Waals surface area (Å²) in [5, 5.41) is 13.0. The van der Waals surface area contributed by atoms with Gasteiger partial charge in [0, 0.05) is 18.2 Å². The summed E-state index contributed by atoms with van der Waals surface area (Å²) < 4.78 is 13.5. The molecular weight excluding hydrogens is 237 g/mol. The Bertz CT molecular complexity index is 522. The monoisotopic (exact) mass is 249 g/mol. The van der Waals surface area contributed by atoms with Gasteiger partial charge in [-0.2, -0.15) is 0 Å². The Hall–Kier alpha value is -1.33. The molecule has 5 heteroatoms. The molecule has 0 atom stereocenters. The van der Waals surface area contributed by atoms with E-state index in [0.717, 1.165) is 11.6 Å². The lowest BCUT2D eigenvalue weighted by atomic mass is 10.2. The lowest BCUT2D eigenvalue weighted by molar-refractivity contribution is 0.631. The minimum atomic E-state index is -0.245. The van der Waals surface area contributed by atoms with Crippen LogP contribution in [0, 0.1) is 5.82 Å². The highest BCUT2D eigenvalue weighted by atomic mass is 32.1. The Morgan fingerprint density at radius 1 is 1.29 bits per heavy atom. The van der Waals surface area contributed by atoms with Gasteiger partial charge < -0.3 is 5.32 Å². The number of halogens is 1. The molecule has 0 radical (unpaired) electrons. The first kappa shape index (κ1) is 10.8. The van der Waals surface area contributed by atoms with Crippen LogP contribution in [0.1, 0.15) is 17.8 Å². The van der Waals surface area contributed by atoms with Crippen LogP contribution in [0.25, 0.3) is 10.6 Å². The SMILES string of the molecule is Fc1ccccc1-c1nnc(CNC2CC2)s1. The molecule has 1 heterocycles. The van der Waals surface area contributed by atoms with Crippen molar-refractivity contribution in [3.05, 3.63) is 35.1 Å². The Balaban J connectivity index is 1.77. The Morgan fingerprint density at radius 3 is 2.88 bits per heavy atom. The molecule has 0 bridgehead atoms. The van der Waals surface area contributed by atoms with E-state index in [1.54, 1.807) is 12.1 Å². The van der Waals surface area contributed by atoms with Crippen molar-refractivity contribution in [1.29, 1.82) is 0 Å². The molecule has 3 rings (SSSR count). The largest absolute Gasteiger partial charge is 0.308 e. The van der Waals surface area contributed by atoms with Gasteiger partial charge in [-0.25, -0.2) is 4.39 Å².